The number of hydrogen-bond donors (Lipinski definition) is 2. The van der Waals surface area contributed by atoms with E-state index >= 15 is 0 Å². The standard InChI is InChI=1S/C29H25Cl2F3N4O/c1-17-27(37-16-36-17)15-35-21-13-24(23-7-6-20(31)12-26(23)29(32,33)34)22-9-11-38(28(39)25(22)14-21)10-8-18-2-4-19(30)5-3-18/h2-7,12-14,16,35H,8-11,15H2,1H3,(H,36,37). The number of hydrogen-bond acceptors (Lipinski definition) is 3. The summed E-state index contributed by atoms with van der Waals surface area (Å²) in [5, 5.41) is 3.88. The van der Waals surface area contributed by atoms with Crippen molar-refractivity contribution in [1.29, 1.82) is 0 Å². The molecule has 0 saturated heterocycles. The third kappa shape index (κ3) is 5.92. The molecule has 10 heteroatoms. The third-order valence-corrected chi connectivity index (χ3v) is 7.44. The third-order valence-electron chi connectivity index (χ3n) is 6.95. The van der Waals surface area contributed by atoms with Crippen LogP contribution in [0.25, 0.3) is 11.1 Å². The lowest BCUT2D eigenvalue weighted by molar-refractivity contribution is -0.137. The number of carbonyl (C=O) groups excluding carboxylic acids is 1. The van der Waals surface area contributed by atoms with Gasteiger partial charge in [0.25, 0.3) is 5.91 Å². The predicted molar refractivity (Wildman–Crippen MR) is 147 cm³/mol. The molecule has 1 aliphatic rings. The number of fused-ring (bicyclic) bond motifs is 1. The second-order valence-corrected chi connectivity index (χ2v) is 10.4. The number of aromatic amines is 1. The van der Waals surface area contributed by atoms with Gasteiger partial charge in [-0.05, 0) is 78.4 Å². The largest absolute Gasteiger partial charge is 0.417 e. The van der Waals surface area contributed by atoms with E-state index in [0.29, 0.717) is 59.9 Å². The zero-order valence-corrected chi connectivity index (χ0v) is 22.5. The van der Waals surface area contributed by atoms with Crippen molar-refractivity contribution < 1.29 is 18.0 Å². The minimum absolute atomic E-state index is 0.00678. The number of nitrogens with one attached hydrogen (secondary N) is 2. The molecule has 2 N–H and O–H groups in total. The molecule has 39 heavy (non-hydrogen) atoms. The van der Waals surface area contributed by atoms with Gasteiger partial charge in [-0.25, -0.2) is 4.98 Å². The van der Waals surface area contributed by atoms with Gasteiger partial charge in [-0.1, -0.05) is 41.4 Å². The Morgan fingerprint density at radius 2 is 1.72 bits per heavy atom. The van der Waals surface area contributed by atoms with Crippen LogP contribution in [0.15, 0.2) is 60.9 Å². The molecule has 0 unspecified atom stereocenters. The second kappa shape index (κ2) is 10.9. The van der Waals surface area contributed by atoms with Gasteiger partial charge in [0.15, 0.2) is 0 Å². The van der Waals surface area contributed by atoms with Crippen LogP contribution in [0.1, 0.15) is 38.4 Å². The first-order chi connectivity index (χ1) is 18.6. The summed E-state index contributed by atoms with van der Waals surface area (Å²) < 4.78 is 42.2. The van der Waals surface area contributed by atoms with Crippen molar-refractivity contribution in [3.05, 3.63) is 105 Å². The van der Waals surface area contributed by atoms with E-state index in [1.165, 1.54) is 12.1 Å². The normalized spacial score (nSPS) is 13.5. The van der Waals surface area contributed by atoms with Crippen LogP contribution in [0.3, 0.4) is 0 Å². The summed E-state index contributed by atoms with van der Waals surface area (Å²) in [6.45, 7) is 3.11. The second-order valence-electron chi connectivity index (χ2n) is 9.48. The Morgan fingerprint density at radius 3 is 2.41 bits per heavy atom. The summed E-state index contributed by atoms with van der Waals surface area (Å²) >= 11 is 11.9. The Morgan fingerprint density at radius 1 is 1.00 bits per heavy atom. The van der Waals surface area contributed by atoms with Gasteiger partial charge < -0.3 is 15.2 Å². The number of carbonyl (C=O) groups is 1. The average molecular weight is 573 g/mol. The van der Waals surface area contributed by atoms with Crippen molar-refractivity contribution in [2.24, 2.45) is 0 Å². The van der Waals surface area contributed by atoms with Gasteiger partial charge in [0, 0.05) is 40.1 Å². The van der Waals surface area contributed by atoms with E-state index in [1.807, 2.05) is 19.1 Å². The number of aromatic nitrogens is 2. The molecule has 1 aromatic heterocycles. The fraction of sp³-hybridized carbons (Fsp3) is 0.241. The molecule has 0 radical (unpaired) electrons. The fourth-order valence-corrected chi connectivity index (χ4v) is 5.16. The maximum absolute atomic E-state index is 14.1. The SMILES string of the molecule is Cc1[nH]cnc1CNc1cc2c(c(-c3ccc(Cl)cc3C(F)(F)F)c1)CCN(CCc1ccc(Cl)cc1)C2=O. The molecule has 0 bridgehead atoms. The van der Waals surface area contributed by atoms with Crippen molar-refractivity contribution in [2.45, 2.75) is 32.5 Å². The lowest BCUT2D eigenvalue weighted by Crippen LogP contribution is -2.39. The van der Waals surface area contributed by atoms with Gasteiger partial charge in [-0.15, -0.1) is 0 Å². The lowest BCUT2D eigenvalue weighted by Gasteiger charge is -2.31. The first-order valence-electron chi connectivity index (χ1n) is 12.4. The molecule has 0 spiro atoms. The highest BCUT2D eigenvalue weighted by molar-refractivity contribution is 6.31. The maximum Gasteiger partial charge on any atom is 0.417 e. The first kappa shape index (κ1) is 27.1. The van der Waals surface area contributed by atoms with E-state index in [1.54, 1.807) is 35.5 Å². The van der Waals surface area contributed by atoms with E-state index in [2.05, 4.69) is 15.3 Å². The van der Waals surface area contributed by atoms with Gasteiger partial charge in [0.1, 0.15) is 0 Å². The van der Waals surface area contributed by atoms with Crippen LogP contribution in [0.2, 0.25) is 10.0 Å². The molecule has 1 aliphatic heterocycles. The monoisotopic (exact) mass is 572 g/mol. The number of amides is 1. The summed E-state index contributed by atoms with van der Waals surface area (Å²) in [4.78, 5) is 22.7. The van der Waals surface area contributed by atoms with E-state index in [-0.39, 0.29) is 16.5 Å². The summed E-state index contributed by atoms with van der Waals surface area (Å²) in [6.07, 6.45) is -1.98. The number of alkyl halides is 3. The quantitative estimate of drug-likeness (QED) is 0.240. The van der Waals surface area contributed by atoms with Gasteiger partial charge in [0.2, 0.25) is 0 Å². The smallest absolute Gasteiger partial charge is 0.379 e. The summed E-state index contributed by atoms with van der Waals surface area (Å²) in [5.74, 6) is -0.214. The highest BCUT2D eigenvalue weighted by atomic mass is 35.5. The molecule has 0 saturated carbocycles. The molecule has 0 atom stereocenters. The molecule has 4 aromatic rings. The molecule has 5 nitrogen and oxygen atoms in total. The number of nitrogens with zero attached hydrogens (tertiary/aromatic N) is 2. The van der Waals surface area contributed by atoms with Crippen molar-refractivity contribution in [2.75, 3.05) is 18.4 Å². The number of H-pyrrole nitrogens is 1. The van der Waals surface area contributed by atoms with Crippen molar-refractivity contribution >= 4 is 34.8 Å². The minimum atomic E-state index is -4.62. The van der Waals surface area contributed by atoms with E-state index < -0.39 is 11.7 Å². The van der Waals surface area contributed by atoms with Crippen LogP contribution >= 0.6 is 23.2 Å². The van der Waals surface area contributed by atoms with Gasteiger partial charge in [-0.2, -0.15) is 13.2 Å². The highest BCUT2D eigenvalue weighted by Crippen LogP contribution is 2.42. The number of benzene rings is 3. The molecule has 1 amide bonds. The van der Waals surface area contributed by atoms with Crippen molar-refractivity contribution in [1.82, 2.24) is 14.9 Å². The van der Waals surface area contributed by atoms with Crippen molar-refractivity contribution in [3.8, 4) is 11.1 Å². The Bertz CT molecular complexity index is 1520. The number of imidazole rings is 1. The minimum Gasteiger partial charge on any atom is -0.379 e. The lowest BCUT2D eigenvalue weighted by atomic mass is 9.87. The molecular weight excluding hydrogens is 548 g/mol. The predicted octanol–water partition coefficient (Wildman–Crippen LogP) is 7.56. The zero-order chi connectivity index (χ0) is 27.7. The number of anilines is 1. The molecule has 0 fully saturated rings. The van der Waals surface area contributed by atoms with E-state index in [4.69, 9.17) is 23.2 Å². The van der Waals surface area contributed by atoms with Gasteiger partial charge in [0.05, 0.1) is 24.1 Å². The molecule has 0 aliphatic carbocycles. The zero-order valence-electron chi connectivity index (χ0n) is 21.0. The number of aryl methyl sites for hydroxylation is 1. The van der Waals surface area contributed by atoms with Crippen LogP contribution in [-0.4, -0.2) is 33.9 Å². The van der Waals surface area contributed by atoms with E-state index in [0.717, 1.165) is 23.0 Å². The highest BCUT2D eigenvalue weighted by Gasteiger charge is 2.36. The van der Waals surface area contributed by atoms with Gasteiger partial charge in [-0.3, -0.25) is 4.79 Å². The van der Waals surface area contributed by atoms with Crippen LogP contribution < -0.4 is 5.32 Å². The van der Waals surface area contributed by atoms with Crippen LogP contribution in [0.4, 0.5) is 18.9 Å². The van der Waals surface area contributed by atoms with Crippen molar-refractivity contribution in [3.63, 3.8) is 0 Å². The number of halogens is 5. The molecule has 5 rings (SSSR count). The van der Waals surface area contributed by atoms with Gasteiger partial charge >= 0.3 is 6.18 Å². The Kier molecular flexibility index (Phi) is 7.60. The average Bonchev–Trinajstić information content (AvgIpc) is 3.32. The Hall–Kier alpha value is -3.49. The fourth-order valence-electron chi connectivity index (χ4n) is 4.86. The molecule has 3 aromatic carbocycles. The van der Waals surface area contributed by atoms with Crippen LogP contribution in [-0.2, 0) is 25.6 Å². The summed E-state index contributed by atoms with van der Waals surface area (Å²) in [7, 11) is 0. The molecule has 202 valence electrons. The van der Waals surface area contributed by atoms with Crippen LogP contribution in [0, 0.1) is 6.92 Å². The van der Waals surface area contributed by atoms with Crippen LogP contribution in [0.5, 0.6) is 0 Å². The first-order valence-corrected chi connectivity index (χ1v) is 13.2. The number of rotatable bonds is 7. The van der Waals surface area contributed by atoms with E-state index in [9.17, 15) is 18.0 Å². The maximum atomic E-state index is 14.1. The topological polar surface area (TPSA) is 61.0 Å². The summed E-state index contributed by atoms with van der Waals surface area (Å²) in [5.41, 5.74) is 3.72. The summed E-state index contributed by atoms with van der Waals surface area (Å²) in [6, 6.07) is 14.6. The molecular formula is C29H25Cl2F3N4O. The Labute approximate surface area is 234 Å². The Balaban J connectivity index is 1.53. The molecule has 2 heterocycles.